The normalized spacial score (nSPS) is 8.20. The van der Waals surface area contributed by atoms with Gasteiger partial charge in [-0.2, -0.15) is 0 Å². The van der Waals surface area contributed by atoms with E-state index in [1.54, 1.807) is 0 Å². The van der Waals surface area contributed by atoms with Gasteiger partial charge >= 0.3 is 50.1 Å². The molecule has 0 heterocycles. The Hall–Kier alpha value is -4.40. The third kappa shape index (κ3) is 52.8. The predicted molar refractivity (Wildman–Crippen MR) is 123 cm³/mol. The van der Waals surface area contributed by atoms with E-state index in [9.17, 15) is 58.8 Å². The van der Waals surface area contributed by atoms with Gasteiger partial charge in [-0.05, 0) is 0 Å². The first-order valence-electron chi connectivity index (χ1n) is 10.6. The van der Waals surface area contributed by atoms with Crippen molar-refractivity contribution in [1.82, 2.24) is 0 Å². The van der Waals surface area contributed by atoms with Gasteiger partial charge in [-0.3, -0.25) is 0 Å². The number of carbonyl (C=O) groups is 8. The van der Waals surface area contributed by atoms with E-state index in [-0.39, 0.29) is 78.3 Å². The second kappa shape index (κ2) is 33.6. The Labute approximate surface area is 254 Å². The molecule has 0 unspecified atom stereocenters. The number of hydrogen-bond donors (Lipinski definition) is 0. The molecule has 0 radical (unpaired) electrons. The summed E-state index contributed by atoms with van der Waals surface area (Å²) >= 11 is 0. The molecule has 0 spiro atoms. The van der Waals surface area contributed by atoms with E-state index in [1.807, 2.05) is 0 Å². The van der Waals surface area contributed by atoms with Crippen LogP contribution in [-0.2, 0) is 83.5 Å². The number of ether oxygens (including phenoxy) is 4. The van der Waals surface area contributed by atoms with Gasteiger partial charge in [0.1, 0.15) is 0 Å². The Morgan fingerprint density at radius 3 is 0.659 bits per heavy atom. The second-order valence-electron chi connectivity index (χ2n) is 5.97. The van der Waals surface area contributed by atoms with Gasteiger partial charge in [0.15, 0.2) is 0 Å². The molecule has 0 amide bonds. The van der Waals surface area contributed by atoms with Gasteiger partial charge in [0, 0.05) is 73.9 Å². The van der Waals surface area contributed by atoms with Crippen LogP contribution in [-0.4, -0.2) is 74.2 Å². The largest absolute Gasteiger partial charge is 4.00 e. The molecule has 224 valence electrons. The van der Waals surface area contributed by atoms with Crippen LogP contribution >= 0.6 is 0 Å². The van der Waals surface area contributed by atoms with Crippen LogP contribution in [0.1, 0.15) is 25.7 Å². The van der Waals surface area contributed by atoms with Crippen LogP contribution in [0.15, 0.2) is 50.6 Å². The predicted octanol–water partition coefficient (Wildman–Crippen LogP) is -4.58. The third-order valence-electron chi connectivity index (χ3n) is 2.87. The van der Waals surface area contributed by atoms with Crippen molar-refractivity contribution in [3.8, 4) is 0 Å². The molecule has 0 saturated heterocycles. The van der Waals surface area contributed by atoms with Crippen molar-refractivity contribution in [2.24, 2.45) is 0 Å². The molecule has 0 aliphatic carbocycles. The van der Waals surface area contributed by atoms with Crippen LogP contribution in [0, 0.1) is 0 Å². The Morgan fingerprint density at radius 1 is 0.415 bits per heavy atom. The van der Waals surface area contributed by atoms with Crippen LogP contribution in [0.2, 0.25) is 0 Å². The van der Waals surface area contributed by atoms with Gasteiger partial charge in [-0.25, -0.2) is 19.2 Å². The van der Waals surface area contributed by atoms with E-state index < -0.39 is 47.8 Å². The molecule has 0 aromatic heterocycles. The Kier molecular flexibility index (Phi) is 38.1. The zero-order valence-electron chi connectivity index (χ0n) is 21.8. The maximum atomic E-state index is 10.2. The van der Waals surface area contributed by atoms with Crippen molar-refractivity contribution in [2.45, 2.75) is 25.7 Å². The van der Waals surface area contributed by atoms with Gasteiger partial charge < -0.3 is 58.6 Å². The summed E-state index contributed by atoms with van der Waals surface area (Å²) in [5, 5.41) is 39.0. The molecule has 0 aliphatic heterocycles. The molecule has 17 heteroatoms. The summed E-state index contributed by atoms with van der Waals surface area (Å²) in [5.74, 6) is -7.45. The van der Waals surface area contributed by atoms with Crippen LogP contribution in [0.25, 0.3) is 0 Å². The van der Waals surface area contributed by atoms with Crippen LogP contribution in [0.4, 0.5) is 0 Å². The average molecular weight is 664 g/mol. The molecule has 41 heavy (non-hydrogen) atoms. The maximum Gasteiger partial charge on any atom is 4.00 e. The Bertz CT molecular complexity index is 750. The van der Waals surface area contributed by atoms with Crippen molar-refractivity contribution < 1.29 is 104 Å². The molecular weight excluding hydrogens is 635 g/mol. The number of esters is 4. The van der Waals surface area contributed by atoms with Crippen LogP contribution < -0.4 is 20.4 Å². The van der Waals surface area contributed by atoms with E-state index in [1.165, 1.54) is 0 Å². The summed E-state index contributed by atoms with van der Waals surface area (Å²) in [6, 6.07) is 0. The zero-order chi connectivity index (χ0) is 31.9. The fourth-order valence-corrected chi connectivity index (χ4v) is 1.18. The topological polar surface area (TPSA) is 266 Å². The number of aliphatic carboxylic acids is 4. The minimum absolute atomic E-state index is 0. The van der Waals surface area contributed by atoms with Crippen molar-refractivity contribution in [1.29, 1.82) is 0 Å². The number of carbonyl (C=O) groups excluding carboxylic acids is 8. The molecule has 0 fully saturated rings. The summed E-state index contributed by atoms with van der Waals surface area (Å²) in [5.41, 5.74) is 0. The number of rotatable bonds is 16. The van der Waals surface area contributed by atoms with E-state index >= 15 is 0 Å². The molecule has 0 saturated carbocycles. The average Bonchev–Trinajstić information content (AvgIpc) is 2.88. The van der Waals surface area contributed by atoms with Crippen molar-refractivity contribution >= 4 is 47.8 Å². The number of carboxylic acid groups (broad SMARTS) is 4. The Morgan fingerprint density at radius 2 is 0.561 bits per heavy atom. The first kappa shape index (κ1) is 46.5. The number of hydrogen-bond acceptors (Lipinski definition) is 16. The minimum atomic E-state index is -1.24. The zero-order valence-corrected chi connectivity index (χ0v) is 24.3. The van der Waals surface area contributed by atoms with Crippen LogP contribution in [0.5, 0.6) is 0 Å². The number of carboxylic acids is 4. The van der Waals surface area contributed by atoms with Gasteiger partial charge in [0.05, 0.1) is 26.4 Å². The fourth-order valence-electron chi connectivity index (χ4n) is 1.18. The van der Waals surface area contributed by atoms with Crippen LogP contribution in [0.3, 0.4) is 0 Å². The molecule has 0 rings (SSSR count). The van der Waals surface area contributed by atoms with E-state index in [4.69, 9.17) is 0 Å². The summed E-state index contributed by atoms with van der Waals surface area (Å²) in [6.45, 7) is 11.8. The molecule has 0 aliphatic rings. The maximum absolute atomic E-state index is 10.2. The monoisotopic (exact) mass is 662 g/mol. The Balaban J connectivity index is -0.000000139. The summed E-state index contributed by atoms with van der Waals surface area (Å²) < 4.78 is 17.3. The molecule has 16 nitrogen and oxygen atoms in total. The van der Waals surface area contributed by atoms with Gasteiger partial charge in [-0.15, -0.1) is 0 Å². The molecule has 0 bridgehead atoms. The van der Waals surface area contributed by atoms with E-state index in [2.05, 4.69) is 45.3 Å². The smallest absolute Gasteiger partial charge is 0.550 e. The molecule has 0 N–H and O–H groups in total. The summed E-state index contributed by atoms with van der Waals surface area (Å²) in [7, 11) is 0. The standard InChI is InChI=1S/4C6H8O4.Zr/c4*1-2-6(9)10-4-3-5(7)8;/h4*2H,1,3-4H2,(H,7,8);/q;;;;+4/p-4. The third-order valence-corrected chi connectivity index (χ3v) is 2.87. The van der Waals surface area contributed by atoms with E-state index in [0.717, 1.165) is 24.3 Å². The van der Waals surface area contributed by atoms with Crippen molar-refractivity contribution in [3.63, 3.8) is 0 Å². The van der Waals surface area contributed by atoms with Gasteiger partial charge in [-0.1, -0.05) is 26.3 Å². The van der Waals surface area contributed by atoms with E-state index in [0.29, 0.717) is 0 Å². The first-order valence-corrected chi connectivity index (χ1v) is 10.6. The molecule has 0 aromatic rings. The summed E-state index contributed by atoms with van der Waals surface area (Å²) in [4.78, 5) is 79.9. The first-order chi connectivity index (χ1) is 18.7. The van der Waals surface area contributed by atoms with Gasteiger partial charge in [0.2, 0.25) is 0 Å². The molecule has 0 atom stereocenters. The molecular formula is C24H28O16Zr. The quantitative estimate of drug-likeness (QED) is 0.0854. The minimum Gasteiger partial charge on any atom is -0.550 e. The van der Waals surface area contributed by atoms with Crippen molar-refractivity contribution in [3.05, 3.63) is 50.6 Å². The molecule has 0 aromatic carbocycles. The van der Waals surface area contributed by atoms with Crippen molar-refractivity contribution in [2.75, 3.05) is 26.4 Å². The SMILES string of the molecule is C=CC(=O)OCCC(=O)[O-].C=CC(=O)OCCC(=O)[O-].C=CC(=O)OCCC(=O)[O-].C=CC(=O)OCCC(=O)[O-].[Zr+4]. The summed E-state index contributed by atoms with van der Waals surface area (Å²) in [6.07, 6.45) is 2.76. The van der Waals surface area contributed by atoms with Gasteiger partial charge in [0.25, 0.3) is 0 Å². The fraction of sp³-hybridized carbons (Fsp3) is 0.333. The second-order valence-corrected chi connectivity index (χ2v) is 5.97.